The average Bonchev–Trinajstić information content (AvgIpc) is 2.84. The molecule has 4 atom stereocenters. The molecule has 1 aliphatic rings. The molecule has 3 aromatic carbocycles. The van der Waals surface area contributed by atoms with Crippen LogP contribution in [-0.4, -0.2) is 23.8 Å². The van der Waals surface area contributed by atoms with Crippen molar-refractivity contribution < 1.29 is 19.4 Å². The van der Waals surface area contributed by atoms with Crippen molar-refractivity contribution in [3.63, 3.8) is 0 Å². The Labute approximate surface area is 197 Å². The summed E-state index contributed by atoms with van der Waals surface area (Å²) in [6.07, 6.45) is 1.18. The number of carbonyl (C=O) groups is 1. The molecule has 166 valence electrons. The Morgan fingerprint density at radius 1 is 0.906 bits per heavy atom. The molecule has 0 spiro atoms. The third-order valence-electron chi connectivity index (χ3n) is 6.10. The van der Waals surface area contributed by atoms with Crippen LogP contribution >= 0.6 is 15.9 Å². The number of carbonyl (C=O) groups excluding carboxylic acids is 1. The highest BCUT2D eigenvalue weighted by Crippen LogP contribution is 2.43. The first-order valence-electron chi connectivity index (χ1n) is 10.9. The van der Waals surface area contributed by atoms with Gasteiger partial charge in [-0.15, -0.1) is 0 Å². The number of aliphatic hydroxyl groups is 1. The highest BCUT2D eigenvalue weighted by atomic mass is 79.9. The van der Waals surface area contributed by atoms with Gasteiger partial charge in [-0.3, -0.25) is 4.79 Å². The molecule has 0 aromatic heterocycles. The molecule has 1 saturated carbocycles. The van der Waals surface area contributed by atoms with Crippen LogP contribution in [0.1, 0.15) is 29.9 Å². The standard InChI is InChI=1S/C27H27BrO4/c28-22-13-11-20(12-14-22)25-16-24(32-23-9-5-2-6-10-23)15-21(17-29)26(25)27(30)31-18-19-7-3-1-4-8-19/h1-14,21,24-26,29H,15-18H2/t21-,24-,25+,26-/m0/s1. The van der Waals surface area contributed by atoms with Gasteiger partial charge in [0, 0.05) is 17.0 Å². The molecule has 3 aromatic rings. The second-order valence-corrected chi connectivity index (χ2v) is 9.16. The summed E-state index contributed by atoms with van der Waals surface area (Å²) in [7, 11) is 0. The molecule has 0 heterocycles. The molecule has 1 aliphatic carbocycles. The molecule has 1 fully saturated rings. The lowest BCUT2D eigenvalue weighted by atomic mass is 9.68. The first-order valence-corrected chi connectivity index (χ1v) is 11.7. The number of hydrogen-bond donors (Lipinski definition) is 1. The number of hydrogen-bond acceptors (Lipinski definition) is 4. The van der Waals surface area contributed by atoms with Crippen molar-refractivity contribution in [2.45, 2.75) is 31.5 Å². The maximum atomic E-state index is 13.3. The lowest BCUT2D eigenvalue weighted by Crippen LogP contribution is -2.42. The van der Waals surface area contributed by atoms with E-state index in [2.05, 4.69) is 15.9 Å². The summed E-state index contributed by atoms with van der Waals surface area (Å²) in [5.74, 6) is -0.242. The van der Waals surface area contributed by atoms with Gasteiger partial charge in [-0.1, -0.05) is 76.6 Å². The van der Waals surface area contributed by atoms with Crippen LogP contribution in [0.15, 0.2) is 89.4 Å². The Bertz CT molecular complexity index is 991. The molecule has 0 unspecified atom stereocenters. The Morgan fingerprint density at radius 2 is 1.56 bits per heavy atom. The second kappa shape index (κ2) is 10.8. The van der Waals surface area contributed by atoms with E-state index < -0.39 is 5.92 Å². The molecule has 0 radical (unpaired) electrons. The SMILES string of the molecule is O=C(OCc1ccccc1)[C@H]1[C@H](CO)C[C@H](Oc2ccccc2)C[C@@H]1c1ccc(Br)cc1. The molecule has 32 heavy (non-hydrogen) atoms. The zero-order chi connectivity index (χ0) is 22.3. The third-order valence-corrected chi connectivity index (χ3v) is 6.63. The molecule has 0 aliphatic heterocycles. The van der Waals surface area contributed by atoms with Crippen molar-refractivity contribution in [3.05, 3.63) is 101 Å². The molecular weight excluding hydrogens is 468 g/mol. The fourth-order valence-electron chi connectivity index (χ4n) is 4.55. The van der Waals surface area contributed by atoms with Crippen LogP contribution in [0.25, 0.3) is 0 Å². The van der Waals surface area contributed by atoms with Gasteiger partial charge in [0.25, 0.3) is 0 Å². The topological polar surface area (TPSA) is 55.8 Å². The lowest BCUT2D eigenvalue weighted by Gasteiger charge is -2.40. The summed E-state index contributed by atoms with van der Waals surface area (Å²) in [6, 6.07) is 27.4. The molecular formula is C27H27BrO4. The van der Waals surface area contributed by atoms with E-state index in [-0.39, 0.29) is 37.1 Å². The minimum Gasteiger partial charge on any atom is -0.490 e. The summed E-state index contributed by atoms with van der Waals surface area (Å²) in [5, 5.41) is 10.2. The zero-order valence-electron chi connectivity index (χ0n) is 17.8. The fraction of sp³-hybridized carbons (Fsp3) is 0.296. The molecule has 0 amide bonds. The number of ether oxygens (including phenoxy) is 2. The Morgan fingerprint density at radius 3 is 2.22 bits per heavy atom. The first kappa shape index (κ1) is 22.6. The van der Waals surface area contributed by atoms with E-state index in [1.165, 1.54) is 0 Å². The van der Waals surface area contributed by atoms with Gasteiger partial charge in [-0.25, -0.2) is 0 Å². The van der Waals surface area contributed by atoms with Crippen molar-refractivity contribution in [1.82, 2.24) is 0 Å². The van der Waals surface area contributed by atoms with E-state index in [9.17, 15) is 9.90 Å². The monoisotopic (exact) mass is 494 g/mol. The molecule has 0 bridgehead atoms. The number of halogens is 1. The van der Waals surface area contributed by atoms with Crippen molar-refractivity contribution in [2.75, 3.05) is 6.61 Å². The van der Waals surface area contributed by atoms with E-state index in [1.54, 1.807) is 0 Å². The van der Waals surface area contributed by atoms with Gasteiger partial charge in [-0.2, -0.15) is 0 Å². The Balaban J connectivity index is 1.57. The quantitative estimate of drug-likeness (QED) is 0.425. The maximum Gasteiger partial charge on any atom is 0.310 e. The lowest BCUT2D eigenvalue weighted by molar-refractivity contribution is -0.156. The molecule has 5 heteroatoms. The van der Waals surface area contributed by atoms with Crippen molar-refractivity contribution in [2.24, 2.45) is 11.8 Å². The van der Waals surface area contributed by atoms with Crippen LogP contribution < -0.4 is 4.74 Å². The van der Waals surface area contributed by atoms with Gasteiger partial charge in [0.15, 0.2) is 0 Å². The maximum absolute atomic E-state index is 13.3. The van der Waals surface area contributed by atoms with Gasteiger partial charge in [0.1, 0.15) is 12.4 Å². The number of aliphatic hydroxyl groups excluding tert-OH is 1. The minimum absolute atomic E-state index is 0.0905. The average molecular weight is 495 g/mol. The van der Waals surface area contributed by atoms with E-state index in [1.807, 2.05) is 84.9 Å². The first-order chi connectivity index (χ1) is 15.6. The number of para-hydroxylation sites is 1. The molecule has 0 saturated heterocycles. The van der Waals surface area contributed by atoms with Crippen molar-refractivity contribution in [3.8, 4) is 5.75 Å². The van der Waals surface area contributed by atoms with Gasteiger partial charge in [0.05, 0.1) is 12.0 Å². The molecule has 4 rings (SSSR count). The summed E-state index contributed by atoms with van der Waals surface area (Å²) in [4.78, 5) is 13.3. The predicted molar refractivity (Wildman–Crippen MR) is 127 cm³/mol. The second-order valence-electron chi connectivity index (χ2n) is 8.24. The molecule has 4 nitrogen and oxygen atoms in total. The van der Waals surface area contributed by atoms with E-state index in [0.29, 0.717) is 12.8 Å². The van der Waals surface area contributed by atoms with Gasteiger partial charge in [0.2, 0.25) is 0 Å². The van der Waals surface area contributed by atoms with Crippen LogP contribution in [0.2, 0.25) is 0 Å². The van der Waals surface area contributed by atoms with Gasteiger partial charge < -0.3 is 14.6 Å². The molecule has 1 N–H and O–H groups in total. The number of rotatable bonds is 7. The van der Waals surface area contributed by atoms with Crippen LogP contribution in [0, 0.1) is 11.8 Å². The van der Waals surface area contributed by atoms with E-state index in [4.69, 9.17) is 9.47 Å². The normalized spacial score (nSPS) is 22.8. The van der Waals surface area contributed by atoms with Crippen LogP contribution in [-0.2, 0) is 16.1 Å². The van der Waals surface area contributed by atoms with Crippen LogP contribution in [0.3, 0.4) is 0 Å². The smallest absolute Gasteiger partial charge is 0.310 e. The minimum atomic E-state index is -0.430. The fourth-order valence-corrected chi connectivity index (χ4v) is 4.81. The third kappa shape index (κ3) is 5.59. The highest BCUT2D eigenvalue weighted by Gasteiger charge is 2.44. The van der Waals surface area contributed by atoms with Crippen molar-refractivity contribution >= 4 is 21.9 Å². The number of benzene rings is 3. The van der Waals surface area contributed by atoms with Crippen LogP contribution in [0.4, 0.5) is 0 Å². The van der Waals surface area contributed by atoms with Crippen LogP contribution in [0.5, 0.6) is 5.75 Å². The Kier molecular flexibility index (Phi) is 7.61. The summed E-state index contributed by atoms with van der Waals surface area (Å²) in [5.41, 5.74) is 2.00. The van der Waals surface area contributed by atoms with E-state index >= 15 is 0 Å². The van der Waals surface area contributed by atoms with Crippen molar-refractivity contribution in [1.29, 1.82) is 0 Å². The van der Waals surface area contributed by atoms with Gasteiger partial charge >= 0.3 is 5.97 Å². The zero-order valence-corrected chi connectivity index (χ0v) is 19.4. The summed E-state index contributed by atoms with van der Waals surface area (Å²) >= 11 is 3.49. The Hall–Kier alpha value is -2.63. The van der Waals surface area contributed by atoms with E-state index in [0.717, 1.165) is 21.3 Å². The predicted octanol–water partition coefficient (Wildman–Crippen LogP) is 5.74. The summed E-state index contributed by atoms with van der Waals surface area (Å²) in [6.45, 7) is 0.137. The number of esters is 1. The largest absolute Gasteiger partial charge is 0.490 e. The van der Waals surface area contributed by atoms with Gasteiger partial charge in [-0.05, 0) is 54.2 Å². The summed E-state index contributed by atoms with van der Waals surface area (Å²) < 4.78 is 13.0. The highest BCUT2D eigenvalue weighted by molar-refractivity contribution is 9.10.